The number of carbonyl (C=O) groups is 2. The highest BCUT2D eigenvalue weighted by atomic mass is 16.6. The Morgan fingerprint density at radius 2 is 1.89 bits per heavy atom. The highest BCUT2D eigenvalue weighted by Gasteiger charge is 2.32. The quantitative estimate of drug-likeness (QED) is 0.755. The van der Waals surface area contributed by atoms with Crippen LogP contribution in [0.4, 0.5) is 4.79 Å². The molecule has 6 nitrogen and oxygen atoms in total. The second-order valence-electron chi connectivity index (χ2n) is 5.80. The van der Waals surface area contributed by atoms with Gasteiger partial charge in [-0.25, -0.2) is 4.79 Å². The summed E-state index contributed by atoms with van der Waals surface area (Å²) in [6, 6.07) is -0.0515. The molecule has 1 atom stereocenters. The van der Waals surface area contributed by atoms with E-state index in [4.69, 9.17) is 9.47 Å². The second-order valence-corrected chi connectivity index (χ2v) is 5.80. The molecule has 0 saturated carbocycles. The van der Waals surface area contributed by atoms with Crippen molar-refractivity contribution in [3.63, 3.8) is 0 Å². The van der Waals surface area contributed by atoms with Crippen molar-refractivity contribution in [3.8, 4) is 0 Å². The molecule has 1 heterocycles. The summed E-state index contributed by atoms with van der Waals surface area (Å²) in [4.78, 5) is 27.1. The van der Waals surface area contributed by atoms with Crippen molar-refractivity contribution in [2.75, 3.05) is 33.4 Å². The smallest absolute Gasteiger partial charge is 0.410 e. The molecule has 19 heavy (non-hydrogen) atoms. The van der Waals surface area contributed by atoms with Crippen LogP contribution in [0.15, 0.2) is 0 Å². The van der Waals surface area contributed by atoms with Crippen molar-refractivity contribution >= 4 is 12.0 Å². The van der Waals surface area contributed by atoms with E-state index >= 15 is 0 Å². The van der Waals surface area contributed by atoms with E-state index in [1.54, 1.807) is 9.80 Å². The number of rotatable bonds is 2. The first kappa shape index (κ1) is 15.8. The molecular weight excluding hydrogens is 248 g/mol. The molecule has 1 aliphatic heterocycles. The van der Waals surface area contributed by atoms with Crippen molar-refractivity contribution in [1.82, 2.24) is 9.80 Å². The summed E-state index contributed by atoms with van der Waals surface area (Å²) in [5.41, 5.74) is -0.500. The minimum Gasteiger partial charge on any atom is -0.444 e. The fourth-order valence-electron chi connectivity index (χ4n) is 1.99. The third-order valence-electron chi connectivity index (χ3n) is 2.88. The van der Waals surface area contributed by atoms with E-state index in [2.05, 4.69) is 0 Å². The summed E-state index contributed by atoms with van der Waals surface area (Å²) in [6.45, 7) is 9.05. The van der Waals surface area contributed by atoms with E-state index in [0.717, 1.165) is 0 Å². The highest BCUT2D eigenvalue weighted by molar-refractivity contribution is 5.78. The van der Waals surface area contributed by atoms with Crippen LogP contribution in [-0.4, -0.2) is 66.8 Å². The van der Waals surface area contributed by atoms with Crippen LogP contribution in [0, 0.1) is 0 Å². The Balaban J connectivity index is 2.55. The molecule has 0 aromatic rings. The van der Waals surface area contributed by atoms with E-state index in [0.29, 0.717) is 19.6 Å². The van der Waals surface area contributed by atoms with Gasteiger partial charge in [0.2, 0.25) is 5.91 Å². The SMILES string of the molecule is COCC(=O)N1CCN(C(=O)OC(C)(C)C)[C@H](C)C1. The van der Waals surface area contributed by atoms with Gasteiger partial charge in [-0.1, -0.05) is 0 Å². The molecule has 2 amide bonds. The van der Waals surface area contributed by atoms with Crippen LogP contribution in [0.2, 0.25) is 0 Å². The van der Waals surface area contributed by atoms with Crippen LogP contribution in [0.1, 0.15) is 27.7 Å². The summed E-state index contributed by atoms with van der Waals surface area (Å²) >= 11 is 0. The van der Waals surface area contributed by atoms with Gasteiger partial charge in [-0.15, -0.1) is 0 Å². The molecule has 0 spiro atoms. The number of hydrogen-bond acceptors (Lipinski definition) is 4. The number of ether oxygens (including phenoxy) is 2. The average molecular weight is 272 g/mol. The maximum Gasteiger partial charge on any atom is 0.410 e. The number of carbonyl (C=O) groups excluding carboxylic acids is 2. The van der Waals surface area contributed by atoms with Crippen LogP contribution in [0.25, 0.3) is 0 Å². The molecule has 0 aromatic carbocycles. The van der Waals surface area contributed by atoms with Gasteiger partial charge in [0.05, 0.1) is 0 Å². The molecule has 0 aromatic heterocycles. The lowest BCUT2D eigenvalue weighted by molar-refractivity contribution is -0.138. The first-order chi connectivity index (χ1) is 8.74. The van der Waals surface area contributed by atoms with Gasteiger partial charge in [0.25, 0.3) is 0 Å². The van der Waals surface area contributed by atoms with Crippen molar-refractivity contribution in [2.45, 2.75) is 39.3 Å². The molecular formula is C13H24N2O4. The zero-order valence-corrected chi connectivity index (χ0v) is 12.4. The van der Waals surface area contributed by atoms with E-state index in [-0.39, 0.29) is 24.6 Å². The van der Waals surface area contributed by atoms with Gasteiger partial charge in [0, 0.05) is 32.8 Å². The third-order valence-corrected chi connectivity index (χ3v) is 2.88. The Morgan fingerprint density at radius 3 is 2.37 bits per heavy atom. The third kappa shape index (κ3) is 4.70. The van der Waals surface area contributed by atoms with Crippen LogP contribution in [0.3, 0.4) is 0 Å². The maximum atomic E-state index is 12.0. The van der Waals surface area contributed by atoms with Crippen LogP contribution in [-0.2, 0) is 14.3 Å². The van der Waals surface area contributed by atoms with Crippen molar-refractivity contribution in [1.29, 1.82) is 0 Å². The molecule has 110 valence electrons. The zero-order chi connectivity index (χ0) is 14.6. The predicted octanol–water partition coefficient (Wildman–Crippen LogP) is 1.10. The van der Waals surface area contributed by atoms with Crippen LogP contribution < -0.4 is 0 Å². The fourth-order valence-corrected chi connectivity index (χ4v) is 1.99. The number of piperazine rings is 1. The molecule has 6 heteroatoms. The van der Waals surface area contributed by atoms with Gasteiger partial charge >= 0.3 is 6.09 Å². The Kier molecular flexibility index (Phi) is 5.17. The van der Waals surface area contributed by atoms with E-state index in [1.165, 1.54) is 7.11 Å². The normalized spacial score (nSPS) is 20.4. The number of nitrogens with zero attached hydrogens (tertiary/aromatic N) is 2. The molecule has 1 fully saturated rings. The topological polar surface area (TPSA) is 59.1 Å². The molecule has 0 unspecified atom stereocenters. The fraction of sp³-hybridized carbons (Fsp3) is 0.846. The van der Waals surface area contributed by atoms with Crippen LogP contribution >= 0.6 is 0 Å². The molecule has 0 bridgehead atoms. The largest absolute Gasteiger partial charge is 0.444 e. The first-order valence-electron chi connectivity index (χ1n) is 6.51. The average Bonchev–Trinajstić information content (AvgIpc) is 2.26. The maximum absolute atomic E-state index is 12.0. The van der Waals surface area contributed by atoms with Gasteiger partial charge in [-0.2, -0.15) is 0 Å². The summed E-state index contributed by atoms with van der Waals surface area (Å²) in [5.74, 6) is -0.0433. The standard InChI is InChI=1S/C13H24N2O4/c1-10-8-14(11(16)9-18-5)6-7-15(10)12(17)19-13(2,3)4/h10H,6-9H2,1-5H3/t10-/m1/s1. The molecule has 1 saturated heterocycles. The predicted molar refractivity (Wildman–Crippen MR) is 70.9 cm³/mol. The van der Waals surface area contributed by atoms with Gasteiger partial charge in [-0.05, 0) is 27.7 Å². The summed E-state index contributed by atoms with van der Waals surface area (Å²) in [7, 11) is 1.50. The molecule has 0 N–H and O–H groups in total. The summed E-state index contributed by atoms with van der Waals surface area (Å²) in [6.07, 6.45) is -0.321. The van der Waals surface area contributed by atoms with Gasteiger partial charge in [0.15, 0.2) is 0 Å². The Labute approximate surface area is 114 Å². The Morgan fingerprint density at radius 1 is 1.26 bits per heavy atom. The van der Waals surface area contributed by atoms with Crippen molar-refractivity contribution in [3.05, 3.63) is 0 Å². The number of amides is 2. The van der Waals surface area contributed by atoms with Crippen LogP contribution in [0.5, 0.6) is 0 Å². The van der Waals surface area contributed by atoms with E-state index in [1.807, 2.05) is 27.7 Å². The molecule has 0 aliphatic carbocycles. The highest BCUT2D eigenvalue weighted by Crippen LogP contribution is 2.15. The minimum atomic E-state index is -0.500. The molecule has 1 aliphatic rings. The van der Waals surface area contributed by atoms with Gasteiger partial charge in [-0.3, -0.25) is 4.79 Å². The monoisotopic (exact) mass is 272 g/mol. The lowest BCUT2D eigenvalue weighted by Gasteiger charge is -2.40. The number of hydrogen-bond donors (Lipinski definition) is 0. The Hall–Kier alpha value is -1.30. The summed E-state index contributed by atoms with van der Waals surface area (Å²) in [5, 5.41) is 0. The zero-order valence-electron chi connectivity index (χ0n) is 12.4. The lowest BCUT2D eigenvalue weighted by Crippen LogP contribution is -2.56. The minimum absolute atomic E-state index is 0.0433. The summed E-state index contributed by atoms with van der Waals surface area (Å²) < 4.78 is 10.2. The molecule has 0 radical (unpaired) electrons. The van der Waals surface area contributed by atoms with E-state index < -0.39 is 5.60 Å². The van der Waals surface area contributed by atoms with Gasteiger partial charge < -0.3 is 19.3 Å². The molecule has 1 rings (SSSR count). The lowest BCUT2D eigenvalue weighted by atomic mass is 10.2. The van der Waals surface area contributed by atoms with E-state index in [9.17, 15) is 9.59 Å². The van der Waals surface area contributed by atoms with Crippen molar-refractivity contribution < 1.29 is 19.1 Å². The first-order valence-corrected chi connectivity index (χ1v) is 6.51. The van der Waals surface area contributed by atoms with Crippen molar-refractivity contribution in [2.24, 2.45) is 0 Å². The van der Waals surface area contributed by atoms with Gasteiger partial charge in [0.1, 0.15) is 12.2 Å². The second kappa shape index (κ2) is 6.23. The number of methoxy groups -OCH3 is 1. The Bertz CT molecular complexity index is 338.